The number of carbonyl (C=O) groups excluding carboxylic acids is 1. The molecule has 1 spiro atoms. The van der Waals surface area contributed by atoms with Gasteiger partial charge in [-0.15, -0.1) is 3.97 Å². The molecular weight excluding hydrogens is 609 g/mol. The average molecular weight is 645 g/mol. The molecule has 1 unspecified atom stereocenters. The highest BCUT2D eigenvalue weighted by Crippen LogP contribution is 2.55. The van der Waals surface area contributed by atoms with Crippen LogP contribution in [-0.4, -0.2) is 65.8 Å². The Kier molecular flexibility index (Phi) is 7.04. The van der Waals surface area contributed by atoms with Gasteiger partial charge in [0.1, 0.15) is 17.1 Å². The van der Waals surface area contributed by atoms with E-state index in [-0.39, 0.29) is 17.5 Å². The number of pyridine rings is 1. The molecule has 3 aliphatic rings. The number of anilines is 1. The first kappa shape index (κ1) is 29.9. The largest absolute Gasteiger partial charge is 0.587 e. The summed E-state index contributed by atoms with van der Waals surface area (Å²) in [4.78, 5) is 24.3. The lowest BCUT2D eigenvalue weighted by molar-refractivity contribution is -0.126. The molecule has 2 aromatic carbocycles. The van der Waals surface area contributed by atoms with E-state index in [2.05, 4.69) is 28.2 Å². The molecule has 47 heavy (non-hydrogen) atoms. The number of likely N-dealkylation sites (N-methyl/N-ethyl adjacent to an activating group) is 1. The van der Waals surface area contributed by atoms with Gasteiger partial charge in [0.25, 0.3) is 0 Å². The van der Waals surface area contributed by atoms with Crippen LogP contribution in [0.5, 0.6) is 0 Å². The molecule has 1 aliphatic carbocycles. The number of benzene rings is 2. The van der Waals surface area contributed by atoms with Crippen molar-refractivity contribution in [2.75, 3.05) is 25.0 Å². The molecule has 0 bridgehead atoms. The summed E-state index contributed by atoms with van der Waals surface area (Å²) in [5.74, 6) is 0.0555. The van der Waals surface area contributed by atoms with Crippen LogP contribution in [0.15, 0.2) is 84.1 Å². The van der Waals surface area contributed by atoms with Gasteiger partial charge in [-0.25, -0.2) is 4.98 Å². The molecule has 238 valence electrons. The minimum absolute atomic E-state index is 0.0555. The smallest absolute Gasteiger partial charge is 0.237 e. The maximum absolute atomic E-state index is 14.7. The Hall–Kier alpha value is -4.47. The molecule has 3 aromatic heterocycles. The first-order valence-electron chi connectivity index (χ1n) is 16.0. The van der Waals surface area contributed by atoms with Crippen molar-refractivity contribution in [1.29, 1.82) is 5.26 Å². The van der Waals surface area contributed by atoms with Crippen molar-refractivity contribution in [3.63, 3.8) is 0 Å². The third-order valence-corrected chi connectivity index (χ3v) is 12.0. The molecule has 2 aliphatic heterocycles. The first-order valence-corrected chi connectivity index (χ1v) is 17.1. The van der Waals surface area contributed by atoms with Crippen LogP contribution >= 0.6 is 0 Å². The van der Waals surface area contributed by atoms with E-state index in [0.717, 1.165) is 51.9 Å². The number of nitrogens with zero attached hydrogens (tertiary/aromatic N) is 7. The van der Waals surface area contributed by atoms with Crippen LogP contribution in [0.1, 0.15) is 37.7 Å². The summed E-state index contributed by atoms with van der Waals surface area (Å²) >= 11 is -1.66. The number of fused-ring (bicyclic) bond motifs is 4. The summed E-state index contributed by atoms with van der Waals surface area (Å²) in [6.45, 7) is 1.37. The van der Waals surface area contributed by atoms with E-state index in [1.165, 1.54) is 0 Å². The molecule has 1 atom stereocenters. The third-order valence-electron chi connectivity index (χ3n) is 10.6. The van der Waals surface area contributed by atoms with Gasteiger partial charge in [-0.3, -0.25) is 14.4 Å². The first-order chi connectivity index (χ1) is 22.8. The number of carbonyl (C=O) groups is 1. The van der Waals surface area contributed by atoms with Crippen LogP contribution in [0, 0.1) is 11.3 Å². The van der Waals surface area contributed by atoms with Gasteiger partial charge in [0.2, 0.25) is 5.91 Å². The number of likely N-dealkylation sites (tertiary alicyclic amines) is 1. The summed E-state index contributed by atoms with van der Waals surface area (Å²) < 4.78 is 18.2. The van der Waals surface area contributed by atoms with E-state index in [9.17, 15) is 14.6 Å². The number of hydrogen-bond acceptors (Lipinski definition) is 7. The Balaban J connectivity index is 1.39. The predicted octanol–water partition coefficient (Wildman–Crippen LogP) is 4.76. The second-order valence-electron chi connectivity index (χ2n) is 13.2. The van der Waals surface area contributed by atoms with Gasteiger partial charge in [-0.1, -0.05) is 48.5 Å². The average Bonchev–Trinajstić information content (AvgIpc) is 3.72. The van der Waals surface area contributed by atoms with Crippen molar-refractivity contribution in [3.8, 4) is 28.5 Å². The van der Waals surface area contributed by atoms with Gasteiger partial charge in [-0.05, 0) is 43.4 Å². The maximum atomic E-state index is 14.7. The minimum Gasteiger partial charge on any atom is -0.587 e. The lowest BCUT2D eigenvalue weighted by Crippen LogP contribution is -2.64. The summed E-state index contributed by atoms with van der Waals surface area (Å²) in [6.07, 6.45) is 8.75. The normalized spacial score (nSPS) is 22.7. The van der Waals surface area contributed by atoms with Crippen molar-refractivity contribution in [1.82, 2.24) is 23.6 Å². The number of rotatable bonds is 6. The molecule has 2 N–H and O–H groups in total. The number of piperidine rings is 1. The molecule has 1 saturated carbocycles. The standard InChI is InChI=1S/C36H36N8O2S/c1-41-23-25(21-40-41)32-29(24-9-5-3-6-10-24)30-31-28(22-39-33(30)44(32)47(46)27-11-7-4-8-12-27)42(2)34(45)36(31)14-17-43(18-15-36)35(13-16-37)19-26(38)20-35/h3-12,21-23,26H,13-15,17-20,38H2,1-2H3. The Morgan fingerprint density at radius 3 is 2.32 bits per heavy atom. The van der Waals surface area contributed by atoms with Crippen molar-refractivity contribution >= 4 is 34.0 Å². The predicted molar refractivity (Wildman–Crippen MR) is 182 cm³/mol. The SMILES string of the molecule is CN1C(=O)C2(CCN(C3(CC#N)CC(N)C3)CC2)c2c1cnc1c2c(-c2ccccc2)c(-c2cnn(C)c2)n1[S+]([O-])c1ccccc1. The van der Waals surface area contributed by atoms with Crippen molar-refractivity contribution in [2.45, 2.75) is 54.0 Å². The highest BCUT2D eigenvalue weighted by Gasteiger charge is 2.56. The van der Waals surface area contributed by atoms with Crippen LogP contribution in [0.2, 0.25) is 0 Å². The third kappa shape index (κ3) is 4.39. The fraction of sp³-hybridized carbons (Fsp3) is 0.333. The fourth-order valence-electron chi connectivity index (χ4n) is 8.38. The number of amides is 1. The fourth-order valence-corrected chi connectivity index (χ4v) is 9.64. The van der Waals surface area contributed by atoms with Crippen molar-refractivity contribution in [2.24, 2.45) is 12.8 Å². The Morgan fingerprint density at radius 1 is 1.02 bits per heavy atom. The zero-order chi connectivity index (χ0) is 32.5. The van der Waals surface area contributed by atoms with Crippen LogP contribution in [-0.2, 0) is 28.6 Å². The molecule has 1 saturated heterocycles. The lowest BCUT2D eigenvalue weighted by Gasteiger charge is -2.55. The number of aryl methyl sites for hydroxylation is 1. The monoisotopic (exact) mass is 644 g/mol. The lowest BCUT2D eigenvalue weighted by atomic mass is 9.66. The van der Waals surface area contributed by atoms with Gasteiger partial charge in [0.15, 0.2) is 10.5 Å². The number of aromatic nitrogens is 4. The van der Waals surface area contributed by atoms with Crippen LogP contribution in [0.4, 0.5) is 5.69 Å². The molecule has 5 aromatic rings. The molecule has 0 radical (unpaired) electrons. The molecule has 11 heteroatoms. The molecule has 5 heterocycles. The van der Waals surface area contributed by atoms with E-state index in [1.807, 2.05) is 72.8 Å². The van der Waals surface area contributed by atoms with E-state index < -0.39 is 16.8 Å². The number of hydrogen-bond donors (Lipinski definition) is 1. The highest BCUT2D eigenvalue weighted by molar-refractivity contribution is 7.90. The van der Waals surface area contributed by atoms with E-state index in [1.54, 1.807) is 22.0 Å². The van der Waals surface area contributed by atoms with Crippen molar-refractivity contribution in [3.05, 3.63) is 84.8 Å². The van der Waals surface area contributed by atoms with E-state index >= 15 is 0 Å². The summed E-state index contributed by atoms with van der Waals surface area (Å²) in [5, 5.41) is 15.0. The Bertz CT molecular complexity index is 2040. The number of nitriles is 1. The van der Waals surface area contributed by atoms with Gasteiger partial charge in [-0.2, -0.15) is 10.4 Å². The number of nitrogens with two attached hydrogens (primary N) is 1. The summed E-state index contributed by atoms with van der Waals surface area (Å²) in [6, 6.07) is 22.0. The Labute approximate surface area is 276 Å². The quantitative estimate of drug-likeness (QED) is 0.264. The molecule has 2 fully saturated rings. The minimum atomic E-state index is -1.66. The molecule has 8 rings (SSSR count). The van der Waals surface area contributed by atoms with E-state index in [0.29, 0.717) is 42.9 Å². The van der Waals surface area contributed by atoms with Crippen molar-refractivity contribution < 1.29 is 9.35 Å². The molecule has 1 amide bonds. The van der Waals surface area contributed by atoms with Crippen LogP contribution in [0.25, 0.3) is 33.4 Å². The molecule has 10 nitrogen and oxygen atoms in total. The summed E-state index contributed by atoms with van der Waals surface area (Å²) in [7, 11) is 3.70. The van der Waals surface area contributed by atoms with Gasteiger partial charge >= 0.3 is 0 Å². The molecular formula is C36H36N8O2S. The maximum Gasteiger partial charge on any atom is 0.237 e. The zero-order valence-corrected chi connectivity index (χ0v) is 27.3. The van der Waals surface area contributed by atoms with Gasteiger partial charge in [0.05, 0.1) is 36.0 Å². The second-order valence-corrected chi connectivity index (χ2v) is 14.6. The highest BCUT2D eigenvalue weighted by atomic mass is 32.2. The van der Waals surface area contributed by atoms with Gasteiger partial charge in [0, 0.05) is 67.0 Å². The summed E-state index contributed by atoms with van der Waals surface area (Å²) in [5.41, 5.74) is 10.9. The second kappa shape index (κ2) is 11.1. The van der Waals surface area contributed by atoms with E-state index in [4.69, 9.17) is 10.7 Å². The zero-order valence-electron chi connectivity index (χ0n) is 26.5. The van der Waals surface area contributed by atoms with Crippen LogP contribution in [0.3, 0.4) is 0 Å². The van der Waals surface area contributed by atoms with Gasteiger partial charge < -0.3 is 15.2 Å². The van der Waals surface area contributed by atoms with Crippen LogP contribution < -0.4 is 10.6 Å². The topological polar surface area (TPSA) is 132 Å². The Morgan fingerprint density at radius 2 is 1.70 bits per heavy atom.